The third-order valence-electron chi connectivity index (χ3n) is 6.41. The summed E-state index contributed by atoms with van der Waals surface area (Å²) in [5, 5.41) is 0. The third kappa shape index (κ3) is 11.1. The minimum atomic E-state index is -0.799. The molecule has 0 amide bonds. The van der Waals surface area contributed by atoms with Crippen molar-refractivity contribution in [2.75, 3.05) is 6.61 Å². The van der Waals surface area contributed by atoms with Crippen LogP contribution in [-0.2, 0) is 6.42 Å². The van der Waals surface area contributed by atoms with Crippen LogP contribution in [0.25, 0.3) is 11.4 Å². The van der Waals surface area contributed by atoms with E-state index >= 15 is 0 Å². The second kappa shape index (κ2) is 16.6. The van der Waals surface area contributed by atoms with E-state index in [0.29, 0.717) is 13.0 Å². The van der Waals surface area contributed by atoms with Crippen molar-refractivity contribution in [2.45, 2.75) is 110 Å². The first kappa shape index (κ1) is 27.3. The van der Waals surface area contributed by atoms with Gasteiger partial charge in [0.1, 0.15) is 11.9 Å². The number of aryl methyl sites for hydroxylation is 1. The molecule has 0 radical (unpaired) electrons. The molecule has 0 N–H and O–H groups in total. The van der Waals surface area contributed by atoms with Crippen LogP contribution in [0.2, 0.25) is 0 Å². The fourth-order valence-corrected chi connectivity index (χ4v) is 4.18. The highest BCUT2D eigenvalue weighted by Crippen LogP contribution is 2.21. The van der Waals surface area contributed by atoms with Gasteiger partial charge in [0.2, 0.25) is 0 Å². The van der Waals surface area contributed by atoms with Gasteiger partial charge in [-0.2, -0.15) is 0 Å². The average Bonchev–Trinajstić information content (AvgIpc) is 2.84. The van der Waals surface area contributed by atoms with Gasteiger partial charge in [0.25, 0.3) is 0 Å². The first-order valence-corrected chi connectivity index (χ1v) is 13.3. The Kier molecular flexibility index (Phi) is 13.7. The number of benzene rings is 1. The van der Waals surface area contributed by atoms with E-state index in [1.807, 2.05) is 43.6 Å². The Morgan fingerprint density at radius 1 is 0.788 bits per heavy atom. The van der Waals surface area contributed by atoms with Crippen LogP contribution >= 0.6 is 0 Å². The van der Waals surface area contributed by atoms with Gasteiger partial charge in [0.15, 0.2) is 5.82 Å². The van der Waals surface area contributed by atoms with Crippen LogP contribution in [-0.4, -0.2) is 22.7 Å². The summed E-state index contributed by atoms with van der Waals surface area (Å²) in [6.45, 7) is 6.74. The zero-order valence-electron chi connectivity index (χ0n) is 21.2. The number of aromatic nitrogens is 2. The molecular weight excluding hydrogens is 411 g/mol. The molecule has 2 atom stereocenters. The molecule has 0 aliphatic rings. The van der Waals surface area contributed by atoms with Gasteiger partial charge >= 0.3 is 0 Å². The van der Waals surface area contributed by atoms with Gasteiger partial charge in [-0.15, -0.1) is 0 Å². The zero-order chi connectivity index (χ0) is 23.7. The van der Waals surface area contributed by atoms with E-state index in [4.69, 9.17) is 4.74 Å². The minimum Gasteiger partial charge on any atom is -0.493 e. The van der Waals surface area contributed by atoms with Crippen molar-refractivity contribution in [1.82, 2.24) is 9.97 Å². The standard InChI is InChI=1S/C29H45FN2O/c1-4-6-7-8-9-10-11-12-13-15-25-22-31-29(32-23-25)26-16-18-27(19-17-26)33-21-20-28(30)24(3)14-5-2/h16-19,22-24,28H,4-15,20-21H2,1-3H3. The Balaban J connectivity index is 1.66. The maximum atomic E-state index is 14.1. The summed E-state index contributed by atoms with van der Waals surface area (Å²) in [5.74, 6) is 1.59. The van der Waals surface area contributed by atoms with Gasteiger partial charge in [0.05, 0.1) is 6.61 Å². The first-order valence-electron chi connectivity index (χ1n) is 13.3. The molecule has 33 heavy (non-hydrogen) atoms. The Labute approximate surface area is 201 Å². The largest absolute Gasteiger partial charge is 0.493 e. The summed E-state index contributed by atoms with van der Waals surface area (Å²) in [5.41, 5.74) is 2.18. The monoisotopic (exact) mass is 456 g/mol. The number of hydrogen-bond acceptors (Lipinski definition) is 3. The Morgan fingerprint density at radius 3 is 2.00 bits per heavy atom. The molecule has 2 unspecified atom stereocenters. The van der Waals surface area contributed by atoms with E-state index in [1.54, 1.807) is 0 Å². The van der Waals surface area contributed by atoms with E-state index in [2.05, 4.69) is 23.8 Å². The highest BCUT2D eigenvalue weighted by molar-refractivity contribution is 5.55. The lowest BCUT2D eigenvalue weighted by atomic mass is 9.99. The third-order valence-corrected chi connectivity index (χ3v) is 6.41. The van der Waals surface area contributed by atoms with Crippen molar-refractivity contribution in [3.63, 3.8) is 0 Å². The van der Waals surface area contributed by atoms with E-state index < -0.39 is 6.17 Å². The molecule has 0 aliphatic carbocycles. The van der Waals surface area contributed by atoms with Gasteiger partial charge in [-0.25, -0.2) is 14.4 Å². The van der Waals surface area contributed by atoms with Crippen molar-refractivity contribution in [1.29, 1.82) is 0 Å². The van der Waals surface area contributed by atoms with Crippen molar-refractivity contribution >= 4 is 0 Å². The minimum absolute atomic E-state index is 0.0985. The second-order valence-electron chi connectivity index (χ2n) is 9.44. The van der Waals surface area contributed by atoms with Gasteiger partial charge in [0, 0.05) is 24.4 Å². The lowest BCUT2D eigenvalue weighted by Gasteiger charge is -2.16. The van der Waals surface area contributed by atoms with Crippen molar-refractivity contribution in [3.8, 4) is 17.1 Å². The molecule has 1 aromatic heterocycles. The predicted octanol–water partition coefficient (Wildman–Crippen LogP) is 8.76. The van der Waals surface area contributed by atoms with Gasteiger partial charge in [-0.1, -0.05) is 78.6 Å². The van der Waals surface area contributed by atoms with Crippen LogP contribution in [0.4, 0.5) is 4.39 Å². The number of alkyl halides is 1. The molecule has 2 aromatic rings. The molecule has 1 heterocycles. The fourth-order valence-electron chi connectivity index (χ4n) is 4.18. The molecular formula is C29H45FN2O. The predicted molar refractivity (Wildman–Crippen MR) is 137 cm³/mol. The summed E-state index contributed by atoms with van der Waals surface area (Å²) in [6, 6.07) is 7.77. The quantitative estimate of drug-likeness (QED) is 0.210. The number of rotatable bonds is 18. The average molecular weight is 457 g/mol. The molecule has 1 aromatic carbocycles. The van der Waals surface area contributed by atoms with Crippen LogP contribution in [0.1, 0.15) is 103 Å². The van der Waals surface area contributed by atoms with E-state index in [-0.39, 0.29) is 5.92 Å². The zero-order valence-corrected chi connectivity index (χ0v) is 21.2. The Hall–Kier alpha value is -1.97. The molecule has 2 rings (SSSR count). The molecule has 0 bridgehead atoms. The Bertz CT molecular complexity index is 732. The fraction of sp³-hybridized carbons (Fsp3) is 0.655. The van der Waals surface area contributed by atoms with Gasteiger partial charge in [-0.05, 0) is 55.0 Å². The summed E-state index contributed by atoms with van der Waals surface area (Å²) in [4.78, 5) is 9.11. The molecule has 184 valence electrons. The smallest absolute Gasteiger partial charge is 0.159 e. The van der Waals surface area contributed by atoms with Crippen LogP contribution < -0.4 is 4.74 Å². The molecule has 0 aliphatic heterocycles. The number of nitrogens with zero attached hydrogens (tertiary/aromatic N) is 2. The first-order chi connectivity index (χ1) is 16.1. The van der Waals surface area contributed by atoms with Crippen LogP contribution in [0.5, 0.6) is 5.75 Å². The van der Waals surface area contributed by atoms with Gasteiger partial charge in [-0.3, -0.25) is 0 Å². The lowest BCUT2D eigenvalue weighted by Crippen LogP contribution is -2.16. The molecule has 0 spiro atoms. The highest BCUT2D eigenvalue weighted by Gasteiger charge is 2.15. The van der Waals surface area contributed by atoms with E-state index in [0.717, 1.165) is 36.4 Å². The van der Waals surface area contributed by atoms with Crippen LogP contribution in [0.15, 0.2) is 36.7 Å². The van der Waals surface area contributed by atoms with Gasteiger partial charge < -0.3 is 4.74 Å². The normalized spacial score (nSPS) is 13.1. The lowest BCUT2D eigenvalue weighted by molar-refractivity contribution is 0.178. The SMILES string of the molecule is CCCCCCCCCCCc1cnc(-c2ccc(OCCC(F)C(C)CCC)cc2)nc1. The maximum absolute atomic E-state index is 14.1. The number of hydrogen-bond donors (Lipinski definition) is 0. The van der Waals surface area contributed by atoms with Crippen molar-refractivity contribution in [2.24, 2.45) is 5.92 Å². The summed E-state index contributed by atoms with van der Waals surface area (Å²) >= 11 is 0. The van der Waals surface area contributed by atoms with E-state index in [1.165, 1.54) is 63.4 Å². The summed E-state index contributed by atoms with van der Waals surface area (Å²) in [6.07, 6.45) is 18.6. The van der Waals surface area contributed by atoms with Crippen molar-refractivity contribution in [3.05, 3.63) is 42.2 Å². The number of ether oxygens (including phenoxy) is 1. The maximum Gasteiger partial charge on any atom is 0.159 e. The molecule has 4 heteroatoms. The van der Waals surface area contributed by atoms with Crippen LogP contribution in [0.3, 0.4) is 0 Å². The topological polar surface area (TPSA) is 35.0 Å². The Morgan fingerprint density at radius 2 is 1.39 bits per heavy atom. The molecule has 0 saturated carbocycles. The molecule has 0 saturated heterocycles. The van der Waals surface area contributed by atoms with Crippen molar-refractivity contribution < 1.29 is 9.13 Å². The number of unbranched alkanes of at least 4 members (excludes halogenated alkanes) is 8. The summed E-state index contributed by atoms with van der Waals surface area (Å²) < 4.78 is 19.8. The molecule has 0 fully saturated rings. The van der Waals surface area contributed by atoms with E-state index in [9.17, 15) is 4.39 Å². The second-order valence-corrected chi connectivity index (χ2v) is 9.44. The summed E-state index contributed by atoms with van der Waals surface area (Å²) in [7, 11) is 0. The van der Waals surface area contributed by atoms with Crippen LogP contribution in [0, 0.1) is 5.92 Å². The number of halogens is 1. The highest BCUT2D eigenvalue weighted by atomic mass is 19.1. The molecule has 3 nitrogen and oxygen atoms in total.